The monoisotopic (exact) mass is 766 g/mol. The summed E-state index contributed by atoms with van der Waals surface area (Å²) in [5.74, 6) is 0.140. The van der Waals surface area contributed by atoms with Gasteiger partial charge in [-0.2, -0.15) is 0 Å². The fourth-order valence-corrected chi connectivity index (χ4v) is 15.9. The van der Waals surface area contributed by atoms with Crippen molar-refractivity contribution in [2.75, 3.05) is 26.4 Å². The molecule has 54 heavy (non-hydrogen) atoms. The van der Waals surface area contributed by atoms with Crippen LogP contribution in [-0.2, 0) is 14.3 Å². The molecule has 0 aliphatic carbocycles. The Kier molecular flexibility index (Phi) is 17.6. The molecule has 0 saturated heterocycles. The molecule has 0 fully saturated rings. The lowest BCUT2D eigenvalue weighted by Gasteiger charge is -2.43. The first-order valence-corrected chi connectivity index (χ1v) is 24.2. The van der Waals surface area contributed by atoms with E-state index in [9.17, 15) is 14.4 Å². The molecule has 1 atom stereocenters. The van der Waals surface area contributed by atoms with Crippen molar-refractivity contribution in [1.82, 2.24) is 0 Å². The molecule has 0 spiro atoms. The maximum atomic E-state index is 12.8. The number of hydrogen-bond donors (Lipinski definition) is 2. The average Bonchev–Trinajstić information content (AvgIpc) is 3.20. The Labute approximate surface area is 328 Å². The largest absolute Gasteiger partial charge is 0.424 e. The van der Waals surface area contributed by atoms with Crippen LogP contribution < -0.4 is 20.7 Å². The van der Waals surface area contributed by atoms with Crippen molar-refractivity contribution in [3.63, 3.8) is 0 Å². The number of carbonyl (C=O) groups excluding carboxylic acids is 1. The Morgan fingerprint density at radius 1 is 0.519 bits per heavy atom. The van der Waals surface area contributed by atoms with Crippen LogP contribution >= 0.6 is 0 Å². The van der Waals surface area contributed by atoms with Gasteiger partial charge in [-0.05, 0) is 62.9 Å². The molecule has 0 aliphatic heterocycles. The second kappa shape index (κ2) is 21.8. The fraction of sp³-hybridized carbons (Fsp3) is 0.468. The number of carbonyl (C=O) groups is 1. The van der Waals surface area contributed by atoms with Crippen molar-refractivity contribution in [3.05, 3.63) is 121 Å². The van der Waals surface area contributed by atoms with Crippen LogP contribution in [0.2, 0.25) is 10.1 Å². The molecular formula is C47H66O5Si2. The molecule has 0 radical (unpaired) electrons. The second-order valence-corrected chi connectivity index (χ2v) is 24.3. The summed E-state index contributed by atoms with van der Waals surface area (Å²) in [6, 6.07) is 41.1. The van der Waals surface area contributed by atoms with Crippen LogP contribution in [0.25, 0.3) is 0 Å². The normalized spacial score (nSPS) is 13.1. The first-order chi connectivity index (χ1) is 26.1. The minimum atomic E-state index is -3.16. The fourth-order valence-electron chi connectivity index (χ4n) is 8.24. The Morgan fingerprint density at radius 3 is 1.28 bits per heavy atom. The molecule has 0 heterocycles. The van der Waals surface area contributed by atoms with E-state index in [4.69, 9.17) is 9.47 Å². The van der Waals surface area contributed by atoms with E-state index in [-0.39, 0.29) is 16.0 Å². The third-order valence-electron chi connectivity index (χ3n) is 11.4. The zero-order chi connectivity index (χ0) is 38.8. The van der Waals surface area contributed by atoms with Crippen molar-refractivity contribution in [2.45, 2.75) is 108 Å². The van der Waals surface area contributed by atoms with E-state index in [1.54, 1.807) is 0 Å². The molecule has 4 aromatic rings. The number of benzene rings is 4. The van der Waals surface area contributed by atoms with Crippen molar-refractivity contribution in [3.8, 4) is 0 Å². The van der Waals surface area contributed by atoms with Gasteiger partial charge in [0.05, 0.1) is 13.2 Å². The van der Waals surface area contributed by atoms with Crippen molar-refractivity contribution in [2.24, 2.45) is 5.92 Å². The van der Waals surface area contributed by atoms with Crippen LogP contribution in [0, 0.1) is 5.92 Å². The maximum absolute atomic E-state index is 12.8. The summed E-state index contributed by atoms with van der Waals surface area (Å²) in [6.45, 7) is 11.5. The highest BCUT2D eigenvalue weighted by atomic mass is 28.4. The first-order valence-electron chi connectivity index (χ1n) is 20.3. The van der Waals surface area contributed by atoms with Crippen molar-refractivity contribution >= 4 is 43.7 Å². The second-order valence-electron chi connectivity index (χ2n) is 16.4. The van der Waals surface area contributed by atoms with Gasteiger partial charge in [-0.1, -0.05) is 181 Å². The average molecular weight is 767 g/mol. The summed E-state index contributed by atoms with van der Waals surface area (Å²) >= 11 is 0. The number of unbranched alkanes of at least 4 members (excludes halogenated alkanes) is 7. The molecule has 292 valence electrons. The summed E-state index contributed by atoms with van der Waals surface area (Å²) in [4.78, 5) is 35.9. The van der Waals surface area contributed by atoms with Gasteiger partial charge in [0.15, 0.2) is 0 Å². The molecule has 5 nitrogen and oxygen atoms in total. The zero-order valence-corrected chi connectivity index (χ0v) is 35.4. The summed E-state index contributed by atoms with van der Waals surface area (Å²) in [6.07, 6.45) is 11.7. The van der Waals surface area contributed by atoms with Crippen molar-refractivity contribution < 1.29 is 23.9 Å². The van der Waals surface area contributed by atoms with Crippen LogP contribution in [0.5, 0.6) is 0 Å². The van der Waals surface area contributed by atoms with Gasteiger partial charge in [-0.15, -0.1) is 0 Å². The summed E-state index contributed by atoms with van der Waals surface area (Å²) in [5, 5.41) is 3.59. The first kappa shape index (κ1) is 43.6. The predicted molar refractivity (Wildman–Crippen MR) is 230 cm³/mol. The van der Waals surface area contributed by atoms with E-state index in [0.717, 1.165) is 91.2 Å². The van der Waals surface area contributed by atoms with Crippen LogP contribution in [-0.4, -0.2) is 58.9 Å². The number of ether oxygens (including phenoxy) is 2. The lowest BCUT2D eigenvalue weighted by Crippen LogP contribution is -2.65. The highest BCUT2D eigenvalue weighted by molar-refractivity contribution is 6.99. The highest BCUT2D eigenvalue weighted by Gasteiger charge is 2.51. The van der Waals surface area contributed by atoms with Gasteiger partial charge in [0.2, 0.25) is 0 Å². The minimum Gasteiger partial charge on any atom is -0.424 e. The molecule has 4 aromatic carbocycles. The Hall–Kier alpha value is -3.18. The van der Waals surface area contributed by atoms with E-state index < -0.39 is 16.6 Å². The maximum Gasteiger partial charge on any atom is 0.258 e. The van der Waals surface area contributed by atoms with E-state index >= 15 is 0 Å². The number of rotatable bonds is 26. The van der Waals surface area contributed by atoms with Gasteiger partial charge in [-0.3, -0.25) is 0 Å². The van der Waals surface area contributed by atoms with Gasteiger partial charge in [0, 0.05) is 25.6 Å². The molecule has 4 rings (SSSR count). The summed E-state index contributed by atoms with van der Waals surface area (Å²) in [5.41, 5.74) is 0. The number of aldehydes is 1. The predicted octanol–water partition coefficient (Wildman–Crippen LogP) is 8.19. The third kappa shape index (κ3) is 11.7. The standard InChI is InChI=1S/C47H66O5Si2/c1-46(2,53(49,42-26-14-10-15-27-42)43-28-16-11-17-29-43)34-22-6-5-8-24-36-51-39-41(40-52-37-25-9-7-23-35-48)38-47(3,4)54(50,44-30-18-12-19-31-44)45-32-20-13-21-33-45/h10-21,26-33,35,41,49-50H,5-9,22-25,34,36-40H2,1-4H3. The Balaban J connectivity index is 1.30. The van der Waals surface area contributed by atoms with E-state index in [1.807, 2.05) is 72.8 Å². The van der Waals surface area contributed by atoms with E-state index in [2.05, 4.69) is 76.2 Å². The van der Waals surface area contributed by atoms with Gasteiger partial charge in [-0.25, -0.2) is 0 Å². The van der Waals surface area contributed by atoms with Gasteiger partial charge in [0.1, 0.15) is 6.29 Å². The molecule has 1 unspecified atom stereocenters. The van der Waals surface area contributed by atoms with Gasteiger partial charge < -0.3 is 23.9 Å². The number of hydrogen-bond acceptors (Lipinski definition) is 5. The SMILES string of the molecule is CC(C)(CCCCCCCOCC(COCCCCCC=O)CC(C)(C)[Si](O)(c1ccccc1)c1ccccc1)[Si](O)(c1ccccc1)c1ccccc1. The molecule has 0 aliphatic rings. The molecule has 0 saturated carbocycles. The quantitative estimate of drug-likeness (QED) is 0.0383. The Bertz CT molecular complexity index is 1520. The third-order valence-corrected chi connectivity index (χ3v) is 20.5. The molecule has 0 bridgehead atoms. The molecule has 0 amide bonds. The zero-order valence-electron chi connectivity index (χ0n) is 33.4. The highest BCUT2D eigenvalue weighted by Crippen LogP contribution is 2.42. The lowest BCUT2D eigenvalue weighted by molar-refractivity contribution is -0.107. The van der Waals surface area contributed by atoms with Crippen LogP contribution in [0.3, 0.4) is 0 Å². The van der Waals surface area contributed by atoms with Gasteiger partial charge in [0.25, 0.3) is 16.6 Å². The topological polar surface area (TPSA) is 76.0 Å². The van der Waals surface area contributed by atoms with Crippen molar-refractivity contribution in [1.29, 1.82) is 0 Å². The molecular weight excluding hydrogens is 701 g/mol. The molecule has 2 N–H and O–H groups in total. The molecule has 7 heteroatoms. The summed E-state index contributed by atoms with van der Waals surface area (Å²) < 4.78 is 12.6. The van der Waals surface area contributed by atoms with Crippen LogP contribution in [0.4, 0.5) is 0 Å². The molecule has 0 aromatic heterocycles. The Morgan fingerprint density at radius 2 is 0.870 bits per heavy atom. The van der Waals surface area contributed by atoms with E-state index in [1.165, 1.54) is 0 Å². The van der Waals surface area contributed by atoms with Crippen LogP contribution in [0.15, 0.2) is 121 Å². The van der Waals surface area contributed by atoms with Gasteiger partial charge >= 0.3 is 0 Å². The van der Waals surface area contributed by atoms with Crippen LogP contribution in [0.1, 0.15) is 98.3 Å². The smallest absolute Gasteiger partial charge is 0.258 e. The summed E-state index contributed by atoms with van der Waals surface area (Å²) in [7, 11) is -6.13. The minimum absolute atomic E-state index is 0.140. The lowest BCUT2D eigenvalue weighted by atomic mass is 9.97. The van der Waals surface area contributed by atoms with E-state index in [0.29, 0.717) is 32.8 Å².